The third kappa shape index (κ3) is 6.00. The Labute approximate surface area is 170 Å². The normalized spacial score (nSPS) is 14.0. The maximum Gasteiger partial charge on any atom is 0.248 e. The highest BCUT2D eigenvalue weighted by Gasteiger charge is 2.27. The molecule has 0 heterocycles. The first-order valence-corrected chi connectivity index (χ1v) is 10.7. The summed E-state index contributed by atoms with van der Waals surface area (Å²) in [6.07, 6.45) is 4.69. The Morgan fingerprint density at radius 1 is 1.00 bits per heavy atom. The highest BCUT2D eigenvalue weighted by Crippen LogP contribution is 2.24. The van der Waals surface area contributed by atoms with Gasteiger partial charge in [0.15, 0.2) is 0 Å². The van der Waals surface area contributed by atoms with Gasteiger partial charge in [-0.25, -0.2) is 13.1 Å². The number of sulfonamides is 1. The molecule has 0 unspecified atom stereocenters. The Morgan fingerprint density at radius 3 is 2.31 bits per heavy atom. The van der Waals surface area contributed by atoms with Crippen LogP contribution in [0.25, 0.3) is 6.08 Å². The van der Waals surface area contributed by atoms with Crippen molar-refractivity contribution in [1.82, 2.24) is 4.72 Å². The lowest BCUT2D eigenvalue weighted by molar-refractivity contribution is -0.114. The lowest BCUT2D eigenvalue weighted by Gasteiger charge is -2.11. The molecule has 2 amide bonds. The van der Waals surface area contributed by atoms with E-state index in [1.165, 1.54) is 25.1 Å². The molecule has 0 bridgehead atoms. The van der Waals surface area contributed by atoms with E-state index in [-0.39, 0.29) is 22.8 Å². The highest BCUT2D eigenvalue weighted by atomic mass is 32.2. The van der Waals surface area contributed by atoms with Gasteiger partial charge >= 0.3 is 0 Å². The summed E-state index contributed by atoms with van der Waals surface area (Å²) in [5.41, 5.74) is 2.65. The van der Waals surface area contributed by atoms with Crippen LogP contribution in [-0.2, 0) is 19.6 Å². The zero-order chi connectivity index (χ0) is 21.0. The van der Waals surface area contributed by atoms with Crippen LogP contribution >= 0.6 is 0 Å². The van der Waals surface area contributed by atoms with Gasteiger partial charge in [-0.05, 0) is 61.2 Å². The van der Waals surface area contributed by atoms with Crippen molar-refractivity contribution < 1.29 is 18.0 Å². The summed E-state index contributed by atoms with van der Waals surface area (Å²) in [7, 11) is -3.49. The molecule has 2 aromatic carbocycles. The van der Waals surface area contributed by atoms with E-state index >= 15 is 0 Å². The molecule has 1 aliphatic carbocycles. The van der Waals surface area contributed by atoms with Gasteiger partial charge in [0.1, 0.15) is 0 Å². The Balaban J connectivity index is 1.66. The van der Waals surface area contributed by atoms with E-state index in [2.05, 4.69) is 15.4 Å². The number of amides is 2. The fourth-order valence-corrected chi connectivity index (χ4v) is 3.96. The summed E-state index contributed by atoms with van der Waals surface area (Å²) in [4.78, 5) is 23.8. The molecule has 1 aliphatic rings. The third-order valence-electron chi connectivity index (χ3n) is 4.26. The number of rotatable bonds is 7. The van der Waals surface area contributed by atoms with Gasteiger partial charge in [-0.15, -0.1) is 0 Å². The molecule has 0 aliphatic heterocycles. The standard InChI is InChI=1S/C21H23N3O4S/c1-14-3-11-19(22-15(2)25)20(13-14)23-21(26)12-6-16-4-9-18(10-5-16)29(27,28)24-17-7-8-17/h3-6,9-13,17,24H,7-8H2,1-2H3,(H,22,25)(H,23,26)/b12-6+. The molecule has 8 heteroatoms. The number of benzene rings is 2. The lowest BCUT2D eigenvalue weighted by Crippen LogP contribution is -2.25. The van der Waals surface area contributed by atoms with Gasteiger partial charge in [0.05, 0.1) is 16.3 Å². The smallest absolute Gasteiger partial charge is 0.248 e. The first kappa shape index (κ1) is 20.8. The van der Waals surface area contributed by atoms with Gasteiger partial charge in [-0.2, -0.15) is 0 Å². The molecule has 7 nitrogen and oxygen atoms in total. The zero-order valence-corrected chi connectivity index (χ0v) is 17.0. The molecule has 29 heavy (non-hydrogen) atoms. The average molecular weight is 413 g/mol. The Kier molecular flexibility index (Phi) is 6.14. The number of nitrogens with one attached hydrogen (secondary N) is 3. The average Bonchev–Trinajstić information content (AvgIpc) is 3.45. The molecule has 3 rings (SSSR count). The SMILES string of the molecule is CC(=O)Nc1ccc(C)cc1NC(=O)/C=C/c1ccc(S(=O)(=O)NC2CC2)cc1. The predicted molar refractivity (Wildman–Crippen MR) is 113 cm³/mol. The van der Waals surface area contributed by atoms with Crippen molar-refractivity contribution in [3.05, 3.63) is 59.7 Å². The number of anilines is 2. The number of aryl methyl sites for hydroxylation is 1. The molecule has 1 fully saturated rings. The number of hydrogen-bond acceptors (Lipinski definition) is 4. The zero-order valence-electron chi connectivity index (χ0n) is 16.2. The highest BCUT2D eigenvalue weighted by molar-refractivity contribution is 7.89. The maximum atomic E-state index is 12.3. The van der Waals surface area contributed by atoms with Crippen LogP contribution < -0.4 is 15.4 Å². The summed E-state index contributed by atoms with van der Waals surface area (Å²) < 4.78 is 27.0. The second kappa shape index (κ2) is 8.59. The van der Waals surface area contributed by atoms with Crippen LogP contribution in [0, 0.1) is 6.92 Å². The summed E-state index contributed by atoms with van der Waals surface area (Å²) in [6, 6.07) is 11.7. The van der Waals surface area contributed by atoms with Gasteiger partial charge in [-0.3, -0.25) is 9.59 Å². The van der Waals surface area contributed by atoms with Crippen LogP contribution in [0.2, 0.25) is 0 Å². The lowest BCUT2D eigenvalue weighted by atomic mass is 10.2. The predicted octanol–water partition coefficient (Wildman–Crippen LogP) is 3.05. The minimum absolute atomic E-state index is 0.0484. The topological polar surface area (TPSA) is 104 Å². The van der Waals surface area contributed by atoms with E-state index in [1.54, 1.807) is 30.3 Å². The Morgan fingerprint density at radius 2 is 1.69 bits per heavy atom. The molecular formula is C21H23N3O4S. The minimum atomic E-state index is -3.49. The van der Waals surface area contributed by atoms with Crippen molar-refractivity contribution in [3.63, 3.8) is 0 Å². The van der Waals surface area contributed by atoms with Crippen LogP contribution in [0.3, 0.4) is 0 Å². The fourth-order valence-electron chi connectivity index (χ4n) is 2.65. The van der Waals surface area contributed by atoms with Crippen LogP contribution in [0.1, 0.15) is 30.9 Å². The second-order valence-electron chi connectivity index (χ2n) is 7.02. The molecule has 0 aromatic heterocycles. The summed E-state index contributed by atoms with van der Waals surface area (Å²) in [5, 5.41) is 5.42. The van der Waals surface area contributed by atoms with Crippen molar-refractivity contribution in [2.24, 2.45) is 0 Å². The molecule has 2 aromatic rings. The second-order valence-corrected chi connectivity index (χ2v) is 8.73. The van der Waals surface area contributed by atoms with Crippen LogP contribution in [-0.4, -0.2) is 26.3 Å². The largest absolute Gasteiger partial charge is 0.325 e. The van der Waals surface area contributed by atoms with E-state index in [0.717, 1.165) is 18.4 Å². The molecule has 1 saturated carbocycles. The molecule has 0 atom stereocenters. The van der Waals surface area contributed by atoms with Gasteiger partial charge in [-0.1, -0.05) is 18.2 Å². The monoisotopic (exact) mass is 413 g/mol. The van der Waals surface area contributed by atoms with Crippen LogP contribution in [0.5, 0.6) is 0 Å². The Bertz CT molecular complexity index is 1060. The maximum absolute atomic E-state index is 12.3. The van der Waals surface area contributed by atoms with Crippen LogP contribution in [0.4, 0.5) is 11.4 Å². The van der Waals surface area contributed by atoms with Gasteiger partial charge in [0, 0.05) is 19.0 Å². The van der Waals surface area contributed by atoms with Gasteiger partial charge < -0.3 is 10.6 Å². The number of hydrogen-bond donors (Lipinski definition) is 3. The quantitative estimate of drug-likeness (QED) is 0.607. The summed E-state index contributed by atoms with van der Waals surface area (Å²) >= 11 is 0. The third-order valence-corrected chi connectivity index (χ3v) is 5.80. The van der Waals surface area contributed by atoms with E-state index in [4.69, 9.17) is 0 Å². The van der Waals surface area contributed by atoms with E-state index < -0.39 is 10.0 Å². The molecule has 0 saturated heterocycles. The Hall–Kier alpha value is -2.97. The first-order valence-electron chi connectivity index (χ1n) is 9.23. The van der Waals surface area contributed by atoms with Crippen molar-refractivity contribution in [3.8, 4) is 0 Å². The van der Waals surface area contributed by atoms with Crippen molar-refractivity contribution >= 4 is 39.3 Å². The van der Waals surface area contributed by atoms with Gasteiger partial charge in [0.25, 0.3) is 0 Å². The van der Waals surface area contributed by atoms with Crippen LogP contribution in [0.15, 0.2) is 53.4 Å². The van der Waals surface area contributed by atoms with E-state index in [0.29, 0.717) is 16.9 Å². The van der Waals surface area contributed by atoms with Crippen molar-refractivity contribution in [2.75, 3.05) is 10.6 Å². The molecule has 3 N–H and O–H groups in total. The fraction of sp³-hybridized carbons (Fsp3) is 0.238. The van der Waals surface area contributed by atoms with Crippen molar-refractivity contribution in [2.45, 2.75) is 37.6 Å². The molecule has 0 radical (unpaired) electrons. The molecule has 0 spiro atoms. The summed E-state index contributed by atoms with van der Waals surface area (Å²) in [5.74, 6) is -0.597. The number of carbonyl (C=O) groups is 2. The molecular weight excluding hydrogens is 390 g/mol. The van der Waals surface area contributed by atoms with E-state index in [9.17, 15) is 18.0 Å². The minimum Gasteiger partial charge on any atom is -0.325 e. The number of carbonyl (C=O) groups excluding carboxylic acids is 2. The first-order chi connectivity index (χ1) is 13.7. The summed E-state index contributed by atoms with van der Waals surface area (Å²) in [6.45, 7) is 3.28. The van der Waals surface area contributed by atoms with Gasteiger partial charge in [0.2, 0.25) is 21.8 Å². The van der Waals surface area contributed by atoms with E-state index in [1.807, 2.05) is 13.0 Å². The van der Waals surface area contributed by atoms with Crippen molar-refractivity contribution in [1.29, 1.82) is 0 Å². The molecule has 152 valence electrons.